The predicted octanol–water partition coefficient (Wildman–Crippen LogP) is 2.82. The van der Waals surface area contributed by atoms with Gasteiger partial charge in [-0.2, -0.15) is 0 Å². The van der Waals surface area contributed by atoms with Crippen molar-refractivity contribution in [1.29, 1.82) is 0 Å². The number of benzene rings is 1. The molecule has 2 N–H and O–H groups in total. The molecular weight excluding hydrogens is 378 g/mol. The van der Waals surface area contributed by atoms with Gasteiger partial charge in [0.05, 0.1) is 19.4 Å². The van der Waals surface area contributed by atoms with E-state index in [1.165, 1.54) is 0 Å². The Bertz CT molecular complexity index is 804. The molecule has 2 aromatic rings. The lowest BCUT2D eigenvalue weighted by atomic mass is 10.0. The van der Waals surface area contributed by atoms with Crippen molar-refractivity contribution in [2.45, 2.75) is 38.9 Å². The Balaban J connectivity index is 1.46. The van der Waals surface area contributed by atoms with E-state index in [4.69, 9.17) is 9.47 Å². The number of rotatable bonds is 8. The molecule has 1 aliphatic rings. The molecule has 1 fully saturated rings. The molecule has 0 atom stereocenters. The molecule has 1 aliphatic heterocycles. The van der Waals surface area contributed by atoms with Gasteiger partial charge < -0.3 is 20.1 Å². The summed E-state index contributed by atoms with van der Waals surface area (Å²) < 4.78 is 11.0. The second-order valence-electron chi connectivity index (χ2n) is 7.36. The number of aromatic nitrogens is 1. The van der Waals surface area contributed by atoms with Crippen LogP contribution in [-0.2, 0) is 13.1 Å². The number of likely N-dealkylation sites (tertiary alicyclic amines) is 1. The highest BCUT2D eigenvalue weighted by atomic mass is 16.5. The second-order valence-corrected chi connectivity index (χ2v) is 7.36. The van der Waals surface area contributed by atoms with Gasteiger partial charge in [-0.25, -0.2) is 0 Å². The summed E-state index contributed by atoms with van der Waals surface area (Å²) in [7, 11) is 3.47. The third-order valence-electron chi connectivity index (χ3n) is 5.25. The minimum Gasteiger partial charge on any atom is -0.493 e. The smallest absolute Gasteiger partial charge is 0.191 e. The van der Waals surface area contributed by atoms with Crippen LogP contribution in [0.1, 0.15) is 31.0 Å². The highest BCUT2D eigenvalue weighted by molar-refractivity contribution is 5.80. The van der Waals surface area contributed by atoms with Crippen LogP contribution in [0.15, 0.2) is 47.6 Å². The second kappa shape index (κ2) is 11.4. The summed E-state index contributed by atoms with van der Waals surface area (Å²) in [5.41, 5.74) is 2.25. The van der Waals surface area contributed by atoms with Crippen LogP contribution < -0.4 is 20.1 Å². The van der Waals surface area contributed by atoms with Crippen molar-refractivity contribution in [3.8, 4) is 11.5 Å². The van der Waals surface area contributed by atoms with E-state index < -0.39 is 0 Å². The van der Waals surface area contributed by atoms with E-state index in [1.807, 2.05) is 50.5 Å². The first kappa shape index (κ1) is 21.9. The zero-order valence-electron chi connectivity index (χ0n) is 18.2. The Kier molecular flexibility index (Phi) is 8.32. The summed E-state index contributed by atoms with van der Waals surface area (Å²) in [6.45, 7) is 6.28. The molecule has 0 spiro atoms. The SMILES string of the molecule is CCOc1cc(CNC(=NC)NC2CCN(Cc3ccccn3)CC2)ccc1OC. The van der Waals surface area contributed by atoms with Crippen LogP contribution in [0.2, 0.25) is 0 Å². The highest BCUT2D eigenvalue weighted by Gasteiger charge is 2.20. The van der Waals surface area contributed by atoms with Gasteiger partial charge in [0.1, 0.15) is 0 Å². The van der Waals surface area contributed by atoms with E-state index in [0.717, 1.165) is 61.2 Å². The maximum absolute atomic E-state index is 5.67. The molecule has 0 unspecified atom stereocenters. The molecule has 1 aromatic heterocycles. The first-order valence-electron chi connectivity index (χ1n) is 10.6. The van der Waals surface area contributed by atoms with Gasteiger partial charge in [-0.1, -0.05) is 12.1 Å². The Morgan fingerprint density at radius 2 is 2.03 bits per heavy atom. The molecule has 0 radical (unpaired) electrons. The van der Waals surface area contributed by atoms with Gasteiger partial charge in [-0.15, -0.1) is 0 Å². The Labute approximate surface area is 179 Å². The fourth-order valence-electron chi connectivity index (χ4n) is 3.63. The molecule has 1 saturated heterocycles. The fraction of sp³-hybridized carbons (Fsp3) is 0.478. The quantitative estimate of drug-likeness (QED) is 0.514. The lowest BCUT2D eigenvalue weighted by Crippen LogP contribution is -2.48. The van der Waals surface area contributed by atoms with Crippen LogP contribution >= 0.6 is 0 Å². The van der Waals surface area contributed by atoms with Crippen LogP contribution in [0.3, 0.4) is 0 Å². The molecular formula is C23H33N5O2. The van der Waals surface area contributed by atoms with E-state index in [-0.39, 0.29) is 0 Å². The number of nitrogens with one attached hydrogen (secondary N) is 2. The van der Waals surface area contributed by atoms with Crippen molar-refractivity contribution in [2.24, 2.45) is 4.99 Å². The molecule has 0 aliphatic carbocycles. The molecule has 0 amide bonds. The molecule has 30 heavy (non-hydrogen) atoms. The maximum Gasteiger partial charge on any atom is 0.191 e. The van der Waals surface area contributed by atoms with Crippen LogP contribution in [0.25, 0.3) is 0 Å². The monoisotopic (exact) mass is 411 g/mol. The number of piperidine rings is 1. The van der Waals surface area contributed by atoms with Gasteiger partial charge in [0.25, 0.3) is 0 Å². The van der Waals surface area contributed by atoms with Crippen molar-refractivity contribution < 1.29 is 9.47 Å². The lowest BCUT2D eigenvalue weighted by Gasteiger charge is -2.32. The number of hydrogen-bond acceptors (Lipinski definition) is 5. The van der Waals surface area contributed by atoms with Gasteiger partial charge in [0.15, 0.2) is 17.5 Å². The summed E-state index contributed by atoms with van der Waals surface area (Å²) >= 11 is 0. The molecule has 3 rings (SSSR count). The molecule has 162 valence electrons. The lowest BCUT2D eigenvalue weighted by molar-refractivity contribution is 0.196. The zero-order valence-corrected chi connectivity index (χ0v) is 18.2. The van der Waals surface area contributed by atoms with Gasteiger partial charge in [-0.3, -0.25) is 14.9 Å². The Hall–Kier alpha value is -2.80. The molecule has 2 heterocycles. The van der Waals surface area contributed by atoms with Crippen molar-refractivity contribution in [1.82, 2.24) is 20.5 Å². The van der Waals surface area contributed by atoms with E-state index in [9.17, 15) is 0 Å². The van der Waals surface area contributed by atoms with Gasteiger partial charge in [0.2, 0.25) is 0 Å². The maximum atomic E-state index is 5.67. The number of hydrogen-bond donors (Lipinski definition) is 2. The minimum absolute atomic E-state index is 0.422. The largest absolute Gasteiger partial charge is 0.493 e. The topological polar surface area (TPSA) is 71.0 Å². The third-order valence-corrected chi connectivity index (χ3v) is 5.25. The number of nitrogens with zero attached hydrogens (tertiary/aromatic N) is 3. The van der Waals surface area contributed by atoms with E-state index >= 15 is 0 Å². The summed E-state index contributed by atoms with van der Waals surface area (Å²) in [6.07, 6.45) is 4.04. The van der Waals surface area contributed by atoms with Crippen molar-refractivity contribution in [3.63, 3.8) is 0 Å². The number of methoxy groups -OCH3 is 1. The normalized spacial score (nSPS) is 15.6. The van der Waals surface area contributed by atoms with Crippen LogP contribution in [0, 0.1) is 0 Å². The summed E-state index contributed by atoms with van der Waals surface area (Å²) in [4.78, 5) is 11.3. The minimum atomic E-state index is 0.422. The number of ether oxygens (including phenoxy) is 2. The van der Waals surface area contributed by atoms with Crippen LogP contribution in [0.4, 0.5) is 0 Å². The summed E-state index contributed by atoms with van der Waals surface area (Å²) in [5.74, 6) is 2.34. The first-order chi connectivity index (χ1) is 14.7. The summed E-state index contributed by atoms with van der Waals surface area (Å²) in [5, 5.41) is 6.97. The average molecular weight is 412 g/mol. The number of guanidine groups is 1. The number of aliphatic imine (C=N–C) groups is 1. The average Bonchev–Trinajstić information content (AvgIpc) is 2.79. The third kappa shape index (κ3) is 6.35. The van der Waals surface area contributed by atoms with Crippen LogP contribution in [-0.4, -0.2) is 55.7 Å². The highest BCUT2D eigenvalue weighted by Crippen LogP contribution is 2.28. The Morgan fingerprint density at radius 3 is 2.70 bits per heavy atom. The molecule has 7 heteroatoms. The molecule has 0 saturated carbocycles. The molecule has 1 aromatic carbocycles. The van der Waals surface area contributed by atoms with Gasteiger partial charge >= 0.3 is 0 Å². The van der Waals surface area contributed by atoms with Crippen LogP contribution in [0.5, 0.6) is 11.5 Å². The van der Waals surface area contributed by atoms with Gasteiger partial charge in [-0.05, 0) is 49.6 Å². The van der Waals surface area contributed by atoms with E-state index in [1.54, 1.807) is 7.11 Å². The Morgan fingerprint density at radius 1 is 1.20 bits per heavy atom. The fourth-order valence-corrected chi connectivity index (χ4v) is 3.63. The zero-order chi connectivity index (χ0) is 21.2. The van der Waals surface area contributed by atoms with Crippen molar-refractivity contribution in [2.75, 3.05) is 33.9 Å². The molecule has 7 nitrogen and oxygen atoms in total. The van der Waals surface area contributed by atoms with E-state index in [0.29, 0.717) is 19.2 Å². The van der Waals surface area contributed by atoms with Gasteiger partial charge in [0, 0.05) is 45.5 Å². The predicted molar refractivity (Wildman–Crippen MR) is 120 cm³/mol. The van der Waals surface area contributed by atoms with Crippen molar-refractivity contribution in [3.05, 3.63) is 53.9 Å². The first-order valence-corrected chi connectivity index (χ1v) is 10.6. The van der Waals surface area contributed by atoms with Crippen molar-refractivity contribution >= 4 is 5.96 Å². The summed E-state index contributed by atoms with van der Waals surface area (Å²) in [6, 6.07) is 12.5. The number of pyridine rings is 1. The molecule has 0 bridgehead atoms. The standard InChI is InChI=1S/C23H33N5O2/c1-4-30-22-15-18(8-9-21(22)29-3)16-26-23(24-2)27-19-10-13-28(14-11-19)17-20-7-5-6-12-25-20/h5-9,12,15,19H,4,10-11,13-14,16-17H2,1-3H3,(H2,24,26,27). The van der Waals surface area contributed by atoms with E-state index in [2.05, 4.69) is 31.6 Å².